The minimum absolute atomic E-state index is 0.0911. The van der Waals surface area contributed by atoms with Crippen LogP contribution in [0.2, 0.25) is 0 Å². The zero-order chi connectivity index (χ0) is 24.8. The topological polar surface area (TPSA) is 61.4 Å². The van der Waals surface area contributed by atoms with E-state index in [1.165, 1.54) is 6.42 Å². The predicted molar refractivity (Wildman–Crippen MR) is 135 cm³/mol. The molecule has 3 fully saturated rings. The van der Waals surface area contributed by atoms with Crippen molar-refractivity contribution < 1.29 is 9.59 Å². The minimum atomic E-state index is -0.359. The molecule has 1 aliphatic heterocycles. The average Bonchev–Trinajstić information content (AvgIpc) is 3.06. The Balaban J connectivity index is 1.82. The highest BCUT2D eigenvalue weighted by Crippen LogP contribution is 2.65. The lowest BCUT2D eigenvalue weighted by atomic mass is 9.70. The molecule has 0 bridgehead atoms. The van der Waals surface area contributed by atoms with Crippen molar-refractivity contribution in [3.63, 3.8) is 0 Å². The number of piperidine rings is 1. The first-order valence-electron chi connectivity index (χ1n) is 13.3. The van der Waals surface area contributed by atoms with Crippen LogP contribution in [0.15, 0.2) is 12.4 Å². The van der Waals surface area contributed by atoms with Crippen LogP contribution in [0.1, 0.15) is 100 Å². The van der Waals surface area contributed by atoms with E-state index in [4.69, 9.17) is 0 Å². The van der Waals surface area contributed by atoms with Crippen LogP contribution in [0.4, 0.5) is 0 Å². The third-order valence-corrected chi connectivity index (χ3v) is 9.14. The number of carbonyl (C=O) groups excluding carboxylic acids is 2. The van der Waals surface area contributed by atoms with Gasteiger partial charge < -0.3 is 15.5 Å². The third-order valence-electron chi connectivity index (χ3n) is 9.14. The summed E-state index contributed by atoms with van der Waals surface area (Å²) in [4.78, 5) is 28.7. The van der Waals surface area contributed by atoms with Gasteiger partial charge in [-0.3, -0.25) is 9.59 Å². The van der Waals surface area contributed by atoms with E-state index in [1.54, 1.807) is 6.92 Å². The van der Waals surface area contributed by atoms with Gasteiger partial charge in [0.25, 0.3) is 0 Å². The molecule has 5 nitrogen and oxygen atoms in total. The van der Waals surface area contributed by atoms with E-state index < -0.39 is 0 Å². The molecule has 0 aromatic heterocycles. The van der Waals surface area contributed by atoms with Crippen LogP contribution in [0, 0.1) is 28.1 Å². The first kappa shape index (κ1) is 26.1. The summed E-state index contributed by atoms with van der Waals surface area (Å²) in [7, 11) is 0. The molecule has 1 heterocycles. The van der Waals surface area contributed by atoms with Gasteiger partial charge in [-0.1, -0.05) is 80.7 Å². The van der Waals surface area contributed by atoms with Crippen molar-refractivity contribution in [2.75, 3.05) is 6.54 Å². The van der Waals surface area contributed by atoms with E-state index in [1.807, 2.05) is 4.90 Å². The fourth-order valence-corrected chi connectivity index (χ4v) is 6.77. The molecule has 5 heteroatoms. The quantitative estimate of drug-likeness (QED) is 0.493. The molecule has 1 amide bonds. The van der Waals surface area contributed by atoms with Crippen LogP contribution in [-0.4, -0.2) is 41.3 Å². The van der Waals surface area contributed by atoms with Crippen LogP contribution in [0.5, 0.6) is 0 Å². The Labute approximate surface area is 202 Å². The fraction of sp³-hybridized carbons (Fsp3) is 0.857. The number of hydrogen-bond acceptors (Lipinski definition) is 4. The number of likely N-dealkylation sites (tertiary alicyclic amines) is 1. The van der Waals surface area contributed by atoms with Gasteiger partial charge in [-0.2, -0.15) is 0 Å². The maximum Gasteiger partial charge on any atom is 0.246 e. The van der Waals surface area contributed by atoms with Crippen molar-refractivity contribution in [3.05, 3.63) is 12.4 Å². The van der Waals surface area contributed by atoms with E-state index in [9.17, 15) is 9.59 Å². The van der Waals surface area contributed by atoms with Crippen LogP contribution in [-0.2, 0) is 9.59 Å². The Kier molecular flexibility index (Phi) is 7.32. The number of nitrogens with zero attached hydrogens (tertiary/aromatic N) is 1. The van der Waals surface area contributed by atoms with Gasteiger partial charge in [-0.25, -0.2) is 0 Å². The molecule has 33 heavy (non-hydrogen) atoms. The van der Waals surface area contributed by atoms with Gasteiger partial charge in [-0.15, -0.1) is 0 Å². The van der Waals surface area contributed by atoms with Crippen molar-refractivity contribution in [1.29, 1.82) is 0 Å². The Morgan fingerprint density at radius 1 is 1.09 bits per heavy atom. The van der Waals surface area contributed by atoms with Crippen LogP contribution in [0.25, 0.3) is 0 Å². The summed E-state index contributed by atoms with van der Waals surface area (Å²) in [5.74, 6) is 1.69. The number of nitrogens with one attached hydrogen (secondary N) is 2. The van der Waals surface area contributed by atoms with Crippen LogP contribution < -0.4 is 10.6 Å². The Morgan fingerprint density at radius 3 is 2.21 bits per heavy atom. The number of hydrogen-bond donors (Lipinski definition) is 2. The van der Waals surface area contributed by atoms with Crippen molar-refractivity contribution in [3.8, 4) is 0 Å². The number of rotatable bonds is 9. The lowest BCUT2D eigenvalue weighted by molar-refractivity contribution is -0.143. The molecule has 0 radical (unpaired) electrons. The van der Waals surface area contributed by atoms with Crippen molar-refractivity contribution in [2.24, 2.45) is 28.1 Å². The molecule has 3 unspecified atom stereocenters. The van der Waals surface area contributed by atoms with E-state index in [2.05, 4.69) is 65.7 Å². The summed E-state index contributed by atoms with van der Waals surface area (Å²) >= 11 is 0. The molecule has 0 aromatic carbocycles. The van der Waals surface area contributed by atoms with Crippen molar-refractivity contribution in [1.82, 2.24) is 15.5 Å². The van der Waals surface area contributed by atoms with Gasteiger partial charge in [0, 0.05) is 12.6 Å². The fourth-order valence-electron chi connectivity index (χ4n) is 6.77. The van der Waals surface area contributed by atoms with Gasteiger partial charge in [0.1, 0.15) is 6.04 Å². The van der Waals surface area contributed by atoms with E-state index >= 15 is 0 Å². The second-order valence-corrected chi connectivity index (χ2v) is 13.1. The van der Waals surface area contributed by atoms with E-state index in [-0.39, 0.29) is 46.1 Å². The van der Waals surface area contributed by atoms with E-state index in [0.717, 1.165) is 44.3 Å². The van der Waals surface area contributed by atoms with Gasteiger partial charge in [0.2, 0.25) is 5.91 Å². The molecule has 188 valence electrons. The Morgan fingerprint density at radius 2 is 1.70 bits per heavy atom. The van der Waals surface area contributed by atoms with E-state index in [0.29, 0.717) is 18.4 Å². The molecular formula is C28H49N3O2. The molecule has 1 saturated heterocycles. The second-order valence-electron chi connectivity index (χ2n) is 13.1. The second kappa shape index (κ2) is 9.26. The first-order chi connectivity index (χ1) is 15.2. The minimum Gasteiger partial charge on any atom is -0.369 e. The number of amides is 1. The first-order valence-corrected chi connectivity index (χ1v) is 13.3. The van der Waals surface area contributed by atoms with Gasteiger partial charge in [-0.05, 0) is 54.3 Å². The molecule has 3 aliphatic rings. The van der Waals surface area contributed by atoms with Crippen LogP contribution >= 0.6 is 0 Å². The molecule has 3 rings (SSSR count). The molecule has 2 N–H and O–H groups in total. The highest BCUT2D eigenvalue weighted by molar-refractivity contribution is 5.92. The number of Topliss-reactive ketones (excluding diaryl/α,β-unsaturated/α-hetero) is 1. The number of ketones is 1. The lowest BCUT2D eigenvalue weighted by Gasteiger charge is -2.44. The molecule has 2 saturated carbocycles. The highest BCUT2D eigenvalue weighted by Gasteiger charge is 2.69. The summed E-state index contributed by atoms with van der Waals surface area (Å²) in [5.41, 5.74) is 0.123. The summed E-state index contributed by atoms with van der Waals surface area (Å²) in [6.45, 7) is 22.3. The average molecular weight is 460 g/mol. The maximum atomic E-state index is 14.1. The molecular weight excluding hydrogens is 410 g/mol. The summed E-state index contributed by atoms with van der Waals surface area (Å²) in [6.07, 6.45) is 7.73. The van der Waals surface area contributed by atoms with Crippen molar-refractivity contribution >= 4 is 11.7 Å². The number of carbonyl (C=O) groups is 2. The van der Waals surface area contributed by atoms with Crippen molar-refractivity contribution in [2.45, 2.75) is 118 Å². The summed E-state index contributed by atoms with van der Waals surface area (Å²) < 4.78 is 0. The Bertz CT molecular complexity index is 760. The highest BCUT2D eigenvalue weighted by atomic mass is 16.2. The summed E-state index contributed by atoms with van der Waals surface area (Å²) in [6, 6.07) is -0.359. The largest absolute Gasteiger partial charge is 0.369 e. The third kappa shape index (κ3) is 5.12. The zero-order valence-electron chi connectivity index (χ0n) is 22.5. The van der Waals surface area contributed by atoms with Gasteiger partial charge in [0.05, 0.1) is 11.9 Å². The van der Waals surface area contributed by atoms with Crippen LogP contribution in [0.3, 0.4) is 0 Å². The SMILES string of the molecule is C=C(NC(CCC)C(C)(C)C)NC(C(=O)N1C[C@H]2[C@@H](C1C(C)=O)C2(C)C)C1(C)CCCCC1. The summed E-state index contributed by atoms with van der Waals surface area (Å²) in [5, 5.41) is 7.18. The lowest BCUT2D eigenvalue weighted by Crippen LogP contribution is -2.59. The molecule has 5 atom stereocenters. The maximum absolute atomic E-state index is 14.1. The zero-order valence-corrected chi connectivity index (χ0v) is 22.5. The smallest absolute Gasteiger partial charge is 0.246 e. The van der Waals surface area contributed by atoms with Gasteiger partial charge in [0.15, 0.2) is 5.78 Å². The number of fused-ring (bicyclic) bond motifs is 1. The monoisotopic (exact) mass is 459 g/mol. The molecule has 0 aromatic rings. The standard InChI is InChI=1S/C28H49N3O2/c1-10-14-21(26(4,5)6)29-19(3)30-24(28(9)15-12-11-13-16-28)25(33)31-17-20-22(27(20,7)8)23(31)18(2)32/h20-24,29-30H,3,10-17H2,1-2,4-9H3/t20-,21?,22-,23?,24?/m0/s1. The normalized spacial score (nSPS) is 29.6. The molecule has 0 spiro atoms. The van der Waals surface area contributed by atoms with Gasteiger partial charge >= 0.3 is 0 Å². The predicted octanol–water partition coefficient (Wildman–Crippen LogP) is 5.26. The molecule has 2 aliphatic carbocycles. The Hall–Kier alpha value is -1.52.